The molecule has 0 aliphatic carbocycles. The van der Waals surface area contributed by atoms with Crippen molar-refractivity contribution in [2.45, 2.75) is 32.1 Å². The second-order valence-corrected chi connectivity index (χ2v) is 5.19. The quantitative estimate of drug-likeness (QED) is 0.796. The lowest BCUT2D eigenvalue weighted by Crippen LogP contribution is -2.49. The average molecular weight is 281 g/mol. The van der Waals surface area contributed by atoms with Crippen molar-refractivity contribution in [1.29, 1.82) is 0 Å². The maximum Gasteiger partial charge on any atom is 0.327 e. The first kappa shape index (κ1) is 14.9. The van der Waals surface area contributed by atoms with Crippen molar-refractivity contribution in [1.82, 2.24) is 4.90 Å². The number of ether oxygens (including phenoxy) is 2. The molecule has 0 amide bonds. The maximum atomic E-state index is 13.0. The number of rotatable bonds is 3. The van der Waals surface area contributed by atoms with Crippen molar-refractivity contribution < 1.29 is 18.7 Å². The Morgan fingerprint density at radius 2 is 1.85 bits per heavy atom. The van der Waals surface area contributed by atoms with E-state index in [1.165, 1.54) is 19.2 Å². The van der Waals surface area contributed by atoms with E-state index in [9.17, 15) is 9.18 Å². The van der Waals surface area contributed by atoms with Gasteiger partial charge in [-0.25, -0.2) is 9.18 Å². The molecule has 0 radical (unpaired) electrons. The molecule has 20 heavy (non-hydrogen) atoms. The van der Waals surface area contributed by atoms with E-state index in [-0.39, 0.29) is 24.0 Å². The van der Waals surface area contributed by atoms with Gasteiger partial charge in [-0.3, -0.25) is 4.90 Å². The average Bonchev–Trinajstić information content (AvgIpc) is 2.40. The Morgan fingerprint density at radius 1 is 1.30 bits per heavy atom. The monoisotopic (exact) mass is 281 g/mol. The van der Waals surface area contributed by atoms with Crippen molar-refractivity contribution in [2.75, 3.05) is 20.2 Å². The number of benzene rings is 1. The van der Waals surface area contributed by atoms with Gasteiger partial charge in [-0.1, -0.05) is 12.1 Å². The zero-order chi connectivity index (χ0) is 14.7. The van der Waals surface area contributed by atoms with Crippen LogP contribution in [-0.4, -0.2) is 43.3 Å². The van der Waals surface area contributed by atoms with E-state index in [1.54, 1.807) is 12.1 Å². The van der Waals surface area contributed by atoms with E-state index in [1.807, 2.05) is 18.7 Å². The van der Waals surface area contributed by atoms with Crippen molar-refractivity contribution in [3.63, 3.8) is 0 Å². The second kappa shape index (κ2) is 6.33. The summed E-state index contributed by atoms with van der Waals surface area (Å²) in [4.78, 5) is 14.1. The van der Waals surface area contributed by atoms with E-state index >= 15 is 0 Å². The Kier molecular flexibility index (Phi) is 4.73. The third kappa shape index (κ3) is 3.35. The molecule has 0 bridgehead atoms. The minimum absolute atomic E-state index is 0.0476. The van der Waals surface area contributed by atoms with Crippen molar-refractivity contribution >= 4 is 5.97 Å². The zero-order valence-corrected chi connectivity index (χ0v) is 12.0. The predicted molar refractivity (Wildman–Crippen MR) is 72.7 cm³/mol. The van der Waals surface area contributed by atoms with Gasteiger partial charge >= 0.3 is 5.97 Å². The normalized spacial score (nSPS) is 25.2. The minimum Gasteiger partial charge on any atom is -0.468 e. The highest BCUT2D eigenvalue weighted by Crippen LogP contribution is 2.26. The third-order valence-corrected chi connectivity index (χ3v) is 3.42. The summed E-state index contributed by atoms with van der Waals surface area (Å²) in [6.07, 6.45) is 0.0951. The molecule has 1 aromatic carbocycles. The summed E-state index contributed by atoms with van der Waals surface area (Å²) >= 11 is 0. The van der Waals surface area contributed by atoms with Crippen LogP contribution in [0.1, 0.15) is 25.5 Å². The molecule has 2 rings (SSSR count). The first-order valence-electron chi connectivity index (χ1n) is 6.74. The number of hydrogen-bond donors (Lipinski definition) is 0. The first-order chi connectivity index (χ1) is 9.51. The molecule has 0 N–H and O–H groups in total. The molecule has 0 aromatic heterocycles. The van der Waals surface area contributed by atoms with E-state index in [0.29, 0.717) is 13.1 Å². The van der Waals surface area contributed by atoms with Crippen LogP contribution in [-0.2, 0) is 14.3 Å². The molecule has 1 heterocycles. The summed E-state index contributed by atoms with van der Waals surface area (Å²) in [6, 6.07) is 5.45. The molecule has 1 aliphatic rings. The maximum absolute atomic E-state index is 13.0. The molecule has 4 nitrogen and oxygen atoms in total. The van der Waals surface area contributed by atoms with Gasteiger partial charge in [0, 0.05) is 13.1 Å². The minimum atomic E-state index is -0.519. The highest BCUT2D eigenvalue weighted by Gasteiger charge is 2.33. The SMILES string of the molecule is COC(=O)[C@H](c1ccc(F)cc1)N1C[C@H](C)O[C@@H](C)C1. The van der Waals surface area contributed by atoms with Crippen molar-refractivity contribution in [3.05, 3.63) is 35.6 Å². The fourth-order valence-electron chi connectivity index (χ4n) is 2.68. The van der Waals surface area contributed by atoms with Gasteiger partial charge < -0.3 is 9.47 Å². The fraction of sp³-hybridized carbons (Fsp3) is 0.533. The highest BCUT2D eigenvalue weighted by molar-refractivity contribution is 5.77. The summed E-state index contributed by atoms with van der Waals surface area (Å²) in [5, 5.41) is 0. The molecule has 1 aliphatic heterocycles. The number of esters is 1. The van der Waals surface area contributed by atoms with Crippen LogP contribution in [0.25, 0.3) is 0 Å². The molecule has 5 heteroatoms. The molecule has 1 aromatic rings. The van der Waals surface area contributed by atoms with Crippen molar-refractivity contribution in [2.24, 2.45) is 0 Å². The van der Waals surface area contributed by atoms with Gasteiger partial charge in [-0.2, -0.15) is 0 Å². The van der Waals surface area contributed by atoms with Gasteiger partial charge in [0.15, 0.2) is 0 Å². The smallest absolute Gasteiger partial charge is 0.327 e. The lowest BCUT2D eigenvalue weighted by molar-refractivity contribution is -0.152. The molecule has 0 spiro atoms. The number of carbonyl (C=O) groups excluding carboxylic acids is 1. The largest absolute Gasteiger partial charge is 0.468 e. The molecule has 0 unspecified atom stereocenters. The Labute approximate surface area is 118 Å². The van der Waals surface area contributed by atoms with E-state index in [0.717, 1.165) is 5.56 Å². The Bertz CT molecular complexity index is 453. The van der Waals surface area contributed by atoms with Crippen LogP contribution < -0.4 is 0 Å². The topological polar surface area (TPSA) is 38.8 Å². The fourth-order valence-corrected chi connectivity index (χ4v) is 2.68. The molecule has 1 fully saturated rings. The summed E-state index contributed by atoms with van der Waals surface area (Å²) in [7, 11) is 1.37. The van der Waals surface area contributed by atoms with Crippen LogP contribution in [0.2, 0.25) is 0 Å². The molecule has 3 atom stereocenters. The highest BCUT2D eigenvalue weighted by atomic mass is 19.1. The van der Waals surface area contributed by atoms with Crippen LogP contribution in [0.5, 0.6) is 0 Å². The number of halogens is 1. The van der Waals surface area contributed by atoms with Crippen LogP contribution in [0.4, 0.5) is 4.39 Å². The standard InChI is InChI=1S/C15H20FNO3/c1-10-8-17(9-11(2)20-10)14(15(18)19-3)12-4-6-13(16)7-5-12/h4-7,10-11,14H,8-9H2,1-3H3/t10-,11-,14-/m0/s1. The van der Waals surface area contributed by atoms with Crippen molar-refractivity contribution in [3.8, 4) is 0 Å². The van der Waals surface area contributed by atoms with Crippen LogP contribution in [0.3, 0.4) is 0 Å². The Balaban J connectivity index is 2.27. The van der Waals surface area contributed by atoms with Gasteiger partial charge in [0.25, 0.3) is 0 Å². The van der Waals surface area contributed by atoms with E-state index in [2.05, 4.69) is 0 Å². The van der Waals surface area contributed by atoms with E-state index in [4.69, 9.17) is 9.47 Å². The molecular weight excluding hydrogens is 261 g/mol. The number of methoxy groups -OCH3 is 1. The third-order valence-electron chi connectivity index (χ3n) is 3.42. The molecule has 0 saturated carbocycles. The summed E-state index contributed by atoms with van der Waals surface area (Å²) in [5.41, 5.74) is 0.736. The second-order valence-electron chi connectivity index (χ2n) is 5.19. The predicted octanol–water partition coefficient (Wildman–Crippen LogP) is 2.15. The Morgan fingerprint density at radius 3 is 2.35 bits per heavy atom. The lowest BCUT2D eigenvalue weighted by Gasteiger charge is -2.39. The van der Waals surface area contributed by atoms with Gasteiger partial charge in [0.05, 0.1) is 19.3 Å². The van der Waals surface area contributed by atoms with Gasteiger partial charge in [0.1, 0.15) is 11.9 Å². The number of hydrogen-bond acceptors (Lipinski definition) is 4. The number of nitrogens with zero attached hydrogens (tertiary/aromatic N) is 1. The lowest BCUT2D eigenvalue weighted by atomic mass is 10.0. The summed E-state index contributed by atoms with van der Waals surface area (Å²) in [5.74, 6) is -0.654. The zero-order valence-electron chi connectivity index (χ0n) is 12.0. The van der Waals surface area contributed by atoms with Gasteiger partial charge in [0.2, 0.25) is 0 Å². The molecule has 110 valence electrons. The Hall–Kier alpha value is -1.46. The van der Waals surface area contributed by atoms with E-state index < -0.39 is 6.04 Å². The first-order valence-corrected chi connectivity index (χ1v) is 6.74. The van der Waals surface area contributed by atoms with Crippen LogP contribution in [0.15, 0.2) is 24.3 Å². The molecule has 1 saturated heterocycles. The summed E-state index contributed by atoms with van der Waals surface area (Å²) in [6.45, 7) is 5.23. The van der Waals surface area contributed by atoms with Gasteiger partial charge in [-0.15, -0.1) is 0 Å². The summed E-state index contributed by atoms with van der Waals surface area (Å²) < 4.78 is 23.6. The van der Waals surface area contributed by atoms with Gasteiger partial charge in [-0.05, 0) is 31.5 Å². The number of morpholine rings is 1. The van der Waals surface area contributed by atoms with Crippen LogP contribution in [0, 0.1) is 5.82 Å². The van der Waals surface area contributed by atoms with Crippen LogP contribution >= 0.6 is 0 Å². The number of carbonyl (C=O) groups is 1. The molecular formula is C15H20FNO3.